The first-order chi connectivity index (χ1) is 12.2. The number of hydrogen-bond donors (Lipinski definition) is 0. The lowest BCUT2D eigenvalue weighted by Gasteiger charge is -2.21. The van der Waals surface area contributed by atoms with Crippen molar-refractivity contribution < 1.29 is 4.74 Å². The third-order valence-corrected chi connectivity index (χ3v) is 5.26. The molecule has 2 aromatic carbocycles. The van der Waals surface area contributed by atoms with Crippen molar-refractivity contribution >= 4 is 0 Å². The van der Waals surface area contributed by atoms with E-state index in [0.717, 1.165) is 12.2 Å². The summed E-state index contributed by atoms with van der Waals surface area (Å²) < 4.78 is 6.21. The highest BCUT2D eigenvalue weighted by Crippen LogP contribution is 2.32. The van der Waals surface area contributed by atoms with Crippen molar-refractivity contribution in [3.8, 4) is 11.1 Å². The van der Waals surface area contributed by atoms with Gasteiger partial charge in [0.15, 0.2) is 0 Å². The Hall–Kier alpha value is -2.28. The molecule has 1 saturated carbocycles. The molecule has 0 spiro atoms. The third kappa shape index (κ3) is 4.04. The van der Waals surface area contributed by atoms with Crippen LogP contribution in [0.25, 0.3) is 11.1 Å². The van der Waals surface area contributed by atoms with Gasteiger partial charge >= 0.3 is 0 Å². The maximum atomic E-state index is 6.21. The highest BCUT2D eigenvalue weighted by molar-refractivity contribution is 5.68. The Bertz CT molecular complexity index is 781. The van der Waals surface area contributed by atoms with Crippen LogP contribution >= 0.6 is 0 Å². The fourth-order valence-electron chi connectivity index (χ4n) is 3.69. The zero-order valence-corrected chi connectivity index (χ0v) is 15.6. The summed E-state index contributed by atoms with van der Waals surface area (Å²) in [6.45, 7) is 7.10. The van der Waals surface area contributed by atoms with Gasteiger partial charge in [0.25, 0.3) is 0 Å². The number of rotatable bonds is 4. The van der Waals surface area contributed by atoms with E-state index in [1.54, 1.807) is 0 Å². The molecule has 0 radical (unpaired) electrons. The molecule has 130 valence electrons. The predicted octanol–water partition coefficient (Wildman–Crippen LogP) is 6.97. The highest BCUT2D eigenvalue weighted by Gasteiger charge is 2.15. The summed E-state index contributed by atoms with van der Waals surface area (Å²) in [4.78, 5) is 0. The van der Waals surface area contributed by atoms with Crippen molar-refractivity contribution in [3.63, 3.8) is 0 Å². The molecule has 2 aromatic rings. The maximum Gasteiger partial charge on any atom is 0.113 e. The van der Waals surface area contributed by atoms with Crippen molar-refractivity contribution in [2.24, 2.45) is 0 Å². The number of hydrogen-bond acceptors (Lipinski definition) is 1. The molecule has 3 rings (SSSR count). The predicted molar refractivity (Wildman–Crippen MR) is 106 cm³/mol. The summed E-state index contributed by atoms with van der Waals surface area (Å²) in [5, 5.41) is 0. The molecule has 25 heavy (non-hydrogen) atoms. The second-order valence-corrected chi connectivity index (χ2v) is 6.80. The summed E-state index contributed by atoms with van der Waals surface area (Å²) in [5.74, 6) is 1.09. The average molecular weight is 332 g/mol. The summed E-state index contributed by atoms with van der Waals surface area (Å²) in [5.41, 5.74) is 8.02. The van der Waals surface area contributed by atoms with Gasteiger partial charge in [-0.05, 0) is 79.9 Å². The van der Waals surface area contributed by atoms with Gasteiger partial charge in [0.05, 0.1) is 5.76 Å². The van der Waals surface area contributed by atoms with Crippen LogP contribution in [-0.2, 0) is 11.3 Å². The van der Waals surface area contributed by atoms with E-state index in [9.17, 15) is 0 Å². The minimum absolute atomic E-state index is 0.638. The first kappa shape index (κ1) is 17.5. The van der Waals surface area contributed by atoms with E-state index in [0.29, 0.717) is 6.61 Å². The largest absolute Gasteiger partial charge is 0.493 e. The number of ether oxygens (including phenoxy) is 1. The fourth-order valence-corrected chi connectivity index (χ4v) is 3.69. The van der Waals surface area contributed by atoms with Crippen LogP contribution in [0.1, 0.15) is 50.7 Å². The SMILES string of the molecule is C/C=C1/CCCC/C1=C(/C)OCc1cccc(-c2ccccc2)c1C. The van der Waals surface area contributed by atoms with E-state index in [4.69, 9.17) is 4.74 Å². The van der Waals surface area contributed by atoms with Crippen molar-refractivity contribution in [1.82, 2.24) is 0 Å². The molecule has 0 aromatic heterocycles. The van der Waals surface area contributed by atoms with Crippen LogP contribution in [0, 0.1) is 6.92 Å². The van der Waals surface area contributed by atoms with Gasteiger partial charge in [0.1, 0.15) is 6.61 Å². The summed E-state index contributed by atoms with van der Waals surface area (Å²) in [6, 6.07) is 17.1. The van der Waals surface area contributed by atoms with Gasteiger partial charge < -0.3 is 4.74 Å². The topological polar surface area (TPSA) is 9.23 Å². The molecular formula is C24H28O. The second kappa shape index (κ2) is 8.20. The summed E-state index contributed by atoms with van der Waals surface area (Å²) in [6.07, 6.45) is 7.16. The Morgan fingerprint density at radius 3 is 2.52 bits per heavy atom. The van der Waals surface area contributed by atoms with Crippen LogP contribution in [0.15, 0.2) is 71.5 Å². The van der Waals surface area contributed by atoms with Crippen LogP contribution in [0.2, 0.25) is 0 Å². The Balaban J connectivity index is 1.80. The lowest BCUT2D eigenvalue weighted by atomic mass is 9.88. The highest BCUT2D eigenvalue weighted by atomic mass is 16.5. The third-order valence-electron chi connectivity index (χ3n) is 5.26. The Morgan fingerprint density at radius 1 is 1.00 bits per heavy atom. The van der Waals surface area contributed by atoms with Crippen LogP contribution < -0.4 is 0 Å². The monoisotopic (exact) mass is 332 g/mol. The Morgan fingerprint density at radius 2 is 1.76 bits per heavy atom. The zero-order valence-electron chi connectivity index (χ0n) is 15.6. The molecule has 0 N–H and O–H groups in total. The quantitative estimate of drug-likeness (QED) is 0.549. The van der Waals surface area contributed by atoms with E-state index < -0.39 is 0 Å². The minimum atomic E-state index is 0.638. The molecule has 1 heteroatoms. The minimum Gasteiger partial charge on any atom is -0.493 e. The van der Waals surface area contributed by atoms with Gasteiger partial charge in [-0.25, -0.2) is 0 Å². The molecule has 0 heterocycles. The Labute approximate surface area is 152 Å². The number of benzene rings is 2. The average Bonchev–Trinajstić information content (AvgIpc) is 2.67. The molecular weight excluding hydrogens is 304 g/mol. The van der Waals surface area contributed by atoms with Crippen LogP contribution in [0.4, 0.5) is 0 Å². The van der Waals surface area contributed by atoms with Crippen LogP contribution in [0.5, 0.6) is 0 Å². The summed E-state index contributed by atoms with van der Waals surface area (Å²) in [7, 11) is 0. The fraction of sp³-hybridized carbons (Fsp3) is 0.333. The molecule has 1 fully saturated rings. The smallest absolute Gasteiger partial charge is 0.113 e. The van der Waals surface area contributed by atoms with Gasteiger partial charge in [-0.15, -0.1) is 0 Å². The summed E-state index contributed by atoms with van der Waals surface area (Å²) >= 11 is 0. The van der Waals surface area contributed by atoms with Crippen molar-refractivity contribution in [2.75, 3.05) is 0 Å². The molecule has 0 aliphatic heterocycles. The maximum absolute atomic E-state index is 6.21. The molecule has 0 unspecified atom stereocenters. The normalized spacial score (nSPS) is 18.3. The molecule has 1 nitrogen and oxygen atoms in total. The van der Waals surface area contributed by atoms with E-state index in [-0.39, 0.29) is 0 Å². The number of allylic oxidation sites excluding steroid dienone is 4. The molecule has 0 saturated heterocycles. The zero-order chi connectivity index (χ0) is 17.6. The van der Waals surface area contributed by atoms with Gasteiger partial charge in [-0.3, -0.25) is 0 Å². The van der Waals surface area contributed by atoms with Crippen molar-refractivity contribution in [3.05, 3.63) is 82.6 Å². The van der Waals surface area contributed by atoms with E-state index >= 15 is 0 Å². The van der Waals surface area contributed by atoms with Gasteiger partial charge in [0.2, 0.25) is 0 Å². The lowest BCUT2D eigenvalue weighted by molar-refractivity contribution is 0.195. The molecule has 0 amide bonds. The van der Waals surface area contributed by atoms with E-state index in [1.807, 2.05) is 0 Å². The standard InChI is InChI=1S/C24H28O/c1-4-20-11-8-9-15-24(20)19(3)25-17-22-14-10-16-23(18(22)2)21-12-6-5-7-13-21/h4-7,10,12-14,16H,8-9,11,15,17H2,1-3H3/b20-4-,24-19+. The first-order valence-corrected chi connectivity index (χ1v) is 9.32. The first-order valence-electron chi connectivity index (χ1n) is 9.32. The van der Waals surface area contributed by atoms with Crippen molar-refractivity contribution in [1.29, 1.82) is 0 Å². The van der Waals surface area contributed by atoms with Gasteiger partial charge in [-0.1, -0.05) is 54.6 Å². The van der Waals surface area contributed by atoms with E-state index in [1.165, 1.54) is 52.7 Å². The molecule has 0 bridgehead atoms. The van der Waals surface area contributed by atoms with Gasteiger partial charge in [-0.2, -0.15) is 0 Å². The Kier molecular flexibility index (Phi) is 5.75. The molecule has 1 aliphatic carbocycles. The molecule has 1 aliphatic rings. The second-order valence-electron chi connectivity index (χ2n) is 6.80. The van der Waals surface area contributed by atoms with Crippen molar-refractivity contribution in [2.45, 2.75) is 53.1 Å². The van der Waals surface area contributed by atoms with Gasteiger partial charge in [0, 0.05) is 0 Å². The van der Waals surface area contributed by atoms with Crippen LogP contribution in [0.3, 0.4) is 0 Å². The van der Waals surface area contributed by atoms with Crippen LogP contribution in [-0.4, -0.2) is 0 Å². The molecule has 0 atom stereocenters. The lowest BCUT2D eigenvalue weighted by Crippen LogP contribution is -2.04. The van der Waals surface area contributed by atoms with E-state index in [2.05, 4.69) is 75.4 Å².